The Bertz CT molecular complexity index is 146. The molecule has 0 aromatic heterocycles. The largest absolute Gasteiger partial charge is 0.429 e. The van der Waals surface area contributed by atoms with Crippen LogP contribution in [0.2, 0.25) is 0 Å². The maximum atomic E-state index is 10.9. The van der Waals surface area contributed by atoms with Crippen LogP contribution in [0.5, 0.6) is 0 Å². The lowest BCUT2D eigenvalue weighted by atomic mass is 10.2. The molecule has 1 rings (SSSR count). The molecule has 1 fully saturated rings. The fourth-order valence-electron chi connectivity index (χ4n) is 1.04. The van der Waals surface area contributed by atoms with Crippen LogP contribution in [0, 0.1) is 0 Å². The van der Waals surface area contributed by atoms with E-state index in [1.165, 1.54) is 0 Å². The second kappa shape index (κ2) is 4.95. The first-order valence-corrected chi connectivity index (χ1v) is 4.26. The third kappa shape index (κ3) is 3.06. The van der Waals surface area contributed by atoms with Crippen molar-refractivity contribution < 1.29 is 9.53 Å². The lowest BCUT2D eigenvalue weighted by molar-refractivity contribution is 0.0495. The molecule has 1 amide bonds. The predicted molar refractivity (Wildman–Crippen MR) is 44.3 cm³/mol. The van der Waals surface area contributed by atoms with Crippen LogP contribution in [0.3, 0.4) is 0 Å². The van der Waals surface area contributed by atoms with Gasteiger partial charge in [-0.2, -0.15) is 0 Å². The van der Waals surface area contributed by atoms with Gasteiger partial charge in [-0.3, -0.25) is 5.43 Å². The fraction of sp³-hybridized carbons (Fsp3) is 0.857. The zero-order valence-corrected chi connectivity index (χ0v) is 7.22. The Labute approximate surface area is 71.8 Å². The van der Waals surface area contributed by atoms with Gasteiger partial charge in [0.1, 0.15) is 0 Å². The Morgan fingerprint density at radius 2 is 2.58 bits per heavy atom. The van der Waals surface area contributed by atoms with Gasteiger partial charge in [0.15, 0.2) is 6.23 Å². The van der Waals surface area contributed by atoms with Crippen molar-refractivity contribution in [1.29, 1.82) is 0 Å². The molecule has 0 aliphatic carbocycles. The van der Waals surface area contributed by atoms with Crippen LogP contribution in [-0.4, -0.2) is 25.4 Å². The molecule has 0 saturated carbocycles. The number of carbonyl (C=O) groups excluding carboxylic acids is 1. The summed E-state index contributed by atoms with van der Waals surface area (Å²) in [6.45, 7) is 3.38. The summed E-state index contributed by atoms with van der Waals surface area (Å²) in [6, 6.07) is 0. The molecule has 0 bridgehead atoms. The van der Waals surface area contributed by atoms with Crippen molar-refractivity contribution in [3.8, 4) is 0 Å². The summed E-state index contributed by atoms with van der Waals surface area (Å²) in [5, 5.41) is 2.56. The molecule has 3 N–H and O–H groups in total. The highest BCUT2D eigenvalue weighted by molar-refractivity contribution is 5.67. The van der Waals surface area contributed by atoms with Gasteiger partial charge in [0, 0.05) is 19.5 Å². The lowest BCUT2D eigenvalue weighted by Crippen LogP contribution is -2.49. The van der Waals surface area contributed by atoms with Gasteiger partial charge in [-0.1, -0.05) is 0 Å². The number of carbonyl (C=O) groups is 1. The van der Waals surface area contributed by atoms with Gasteiger partial charge in [0.05, 0.1) is 0 Å². The lowest BCUT2D eigenvalue weighted by Gasteiger charge is -2.23. The number of hydrazine groups is 1. The van der Waals surface area contributed by atoms with Crippen molar-refractivity contribution in [3.63, 3.8) is 0 Å². The Hall–Kier alpha value is -0.810. The van der Waals surface area contributed by atoms with E-state index in [0.29, 0.717) is 6.54 Å². The van der Waals surface area contributed by atoms with E-state index in [-0.39, 0.29) is 12.3 Å². The summed E-state index contributed by atoms with van der Waals surface area (Å²) >= 11 is 0. The van der Waals surface area contributed by atoms with Crippen molar-refractivity contribution in [2.24, 2.45) is 0 Å². The molecule has 0 aromatic rings. The third-order valence-corrected chi connectivity index (χ3v) is 1.60. The van der Waals surface area contributed by atoms with Gasteiger partial charge in [-0.05, 0) is 13.3 Å². The first-order valence-electron chi connectivity index (χ1n) is 4.26. The van der Waals surface area contributed by atoms with Crippen LogP contribution in [0.25, 0.3) is 0 Å². The summed E-state index contributed by atoms with van der Waals surface area (Å²) in [7, 11) is 0. The van der Waals surface area contributed by atoms with Gasteiger partial charge >= 0.3 is 6.09 Å². The molecular formula is C7H15N3O2. The molecule has 0 aromatic carbocycles. The second-order valence-corrected chi connectivity index (χ2v) is 2.64. The van der Waals surface area contributed by atoms with Crippen LogP contribution in [0.1, 0.15) is 19.8 Å². The predicted octanol–water partition coefficient (Wildman–Crippen LogP) is -0.0534. The number of ether oxygens (including phenoxy) is 1. The normalized spacial score (nSPS) is 23.2. The van der Waals surface area contributed by atoms with E-state index in [4.69, 9.17) is 4.74 Å². The Morgan fingerprint density at radius 1 is 1.75 bits per heavy atom. The van der Waals surface area contributed by atoms with Crippen molar-refractivity contribution in [2.45, 2.75) is 26.0 Å². The number of hydrogen-bond acceptors (Lipinski definition) is 4. The molecule has 1 atom stereocenters. The Morgan fingerprint density at radius 3 is 3.17 bits per heavy atom. The van der Waals surface area contributed by atoms with E-state index in [0.717, 1.165) is 19.4 Å². The van der Waals surface area contributed by atoms with E-state index in [1.807, 2.05) is 6.92 Å². The zero-order valence-electron chi connectivity index (χ0n) is 7.22. The minimum atomic E-state index is -0.362. The summed E-state index contributed by atoms with van der Waals surface area (Å²) in [5.41, 5.74) is 5.80. The molecule has 12 heavy (non-hydrogen) atoms. The quantitative estimate of drug-likeness (QED) is 0.547. The molecule has 1 aliphatic rings. The number of amides is 1. The molecule has 5 nitrogen and oxygen atoms in total. The van der Waals surface area contributed by atoms with E-state index in [2.05, 4.69) is 16.2 Å². The van der Waals surface area contributed by atoms with Gasteiger partial charge in [0.25, 0.3) is 0 Å². The molecule has 1 heterocycles. The maximum absolute atomic E-state index is 10.9. The number of nitrogens with one attached hydrogen (secondary N) is 3. The molecular weight excluding hydrogens is 158 g/mol. The highest BCUT2D eigenvalue weighted by Crippen LogP contribution is 2.01. The zero-order chi connectivity index (χ0) is 8.81. The SMILES string of the molecule is CCNC(=O)OC1CCCNN1. The van der Waals surface area contributed by atoms with E-state index >= 15 is 0 Å². The number of alkyl carbamates (subject to hydrolysis) is 1. The topological polar surface area (TPSA) is 62.4 Å². The van der Waals surface area contributed by atoms with Gasteiger partial charge in [-0.15, -0.1) is 0 Å². The van der Waals surface area contributed by atoms with Crippen LogP contribution >= 0.6 is 0 Å². The average Bonchev–Trinajstić information content (AvgIpc) is 2.06. The van der Waals surface area contributed by atoms with Crippen molar-refractivity contribution >= 4 is 6.09 Å². The minimum absolute atomic E-state index is 0.190. The second-order valence-electron chi connectivity index (χ2n) is 2.64. The minimum Gasteiger partial charge on any atom is -0.429 e. The van der Waals surface area contributed by atoms with E-state index in [9.17, 15) is 4.79 Å². The molecule has 0 radical (unpaired) electrons. The highest BCUT2D eigenvalue weighted by atomic mass is 16.6. The van der Waals surface area contributed by atoms with Gasteiger partial charge < -0.3 is 10.1 Å². The average molecular weight is 173 g/mol. The summed E-state index contributed by atoms with van der Waals surface area (Å²) < 4.78 is 5.01. The third-order valence-electron chi connectivity index (χ3n) is 1.60. The molecule has 1 aliphatic heterocycles. The molecule has 5 heteroatoms. The van der Waals surface area contributed by atoms with E-state index < -0.39 is 0 Å². The first kappa shape index (κ1) is 9.28. The van der Waals surface area contributed by atoms with Crippen LogP contribution in [-0.2, 0) is 4.74 Å². The number of rotatable bonds is 2. The summed E-state index contributed by atoms with van der Waals surface area (Å²) in [5.74, 6) is 0. The highest BCUT2D eigenvalue weighted by Gasteiger charge is 2.15. The van der Waals surface area contributed by atoms with Crippen LogP contribution in [0.15, 0.2) is 0 Å². The molecule has 70 valence electrons. The van der Waals surface area contributed by atoms with E-state index in [1.54, 1.807) is 0 Å². The summed E-state index contributed by atoms with van der Waals surface area (Å²) in [4.78, 5) is 10.9. The molecule has 0 spiro atoms. The standard InChI is InChI=1S/C7H15N3O2/c1-2-8-7(11)12-6-4-3-5-9-10-6/h6,9-10H,2-5H2,1H3,(H,8,11). The smallest absolute Gasteiger partial charge is 0.408 e. The molecule has 1 unspecified atom stereocenters. The maximum Gasteiger partial charge on any atom is 0.408 e. The molecule has 1 saturated heterocycles. The van der Waals surface area contributed by atoms with Crippen LogP contribution in [0.4, 0.5) is 4.79 Å². The Balaban J connectivity index is 2.15. The van der Waals surface area contributed by atoms with Crippen molar-refractivity contribution in [1.82, 2.24) is 16.2 Å². The van der Waals surface area contributed by atoms with Gasteiger partial charge in [0.2, 0.25) is 0 Å². The monoisotopic (exact) mass is 173 g/mol. The van der Waals surface area contributed by atoms with Gasteiger partial charge in [-0.25, -0.2) is 10.2 Å². The Kier molecular flexibility index (Phi) is 3.83. The van der Waals surface area contributed by atoms with Crippen molar-refractivity contribution in [3.05, 3.63) is 0 Å². The fourth-order valence-corrected chi connectivity index (χ4v) is 1.04. The van der Waals surface area contributed by atoms with Crippen LogP contribution < -0.4 is 16.2 Å². The number of hydrogen-bond donors (Lipinski definition) is 3. The van der Waals surface area contributed by atoms with Crippen molar-refractivity contribution in [2.75, 3.05) is 13.1 Å². The first-order chi connectivity index (χ1) is 5.83. The summed E-state index contributed by atoms with van der Waals surface area (Å²) in [6.07, 6.45) is 1.34.